The van der Waals surface area contributed by atoms with Crippen LogP contribution in [-0.2, 0) is 22.7 Å². The third-order valence-corrected chi connectivity index (χ3v) is 8.49. The third-order valence-electron chi connectivity index (χ3n) is 6.81. The van der Waals surface area contributed by atoms with Gasteiger partial charge in [-0.3, -0.25) is 9.36 Å². The summed E-state index contributed by atoms with van der Waals surface area (Å²) < 4.78 is 56.6. The lowest BCUT2D eigenvalue weighted by molar-refractivity contribution is -0.0501. The molecule has 0 spiro atoms. The lowest BCUT2D eigenvalue weighted by atomic mass is 9.84. The van der Waals surface area contributed by atoms with Gasteiger partial charge >= 0.3 is 6.61 Å². The van der Waals surface area contributed by atoms with Crippen LogP contribution in [0, 0.1) is 12.3 Å². The quantitative estimate of drug-likeness (QED) is 0.482. The number of imidazole rings is 1. The number of pyridine rings is 1. The number of nitrogens with zero attached hydrogens (tertiary/aromatic N) is 3. The molecule has 0 bridgehead atoms. The Bertz CT molecular complexity index is 1260. The zero-order valence-corrected chi connectivity index (χ0v) is 23.7. The molecule has 1 aliphatic rings. The molecule has 2 aromatic rings. The Morgan fingerprint density at radius 2 is 1.95 bits per heavy atom. The Labute approximate surface area is 222 Å². The van der Waals surface area contributed by atoms with Gasteiger partial charge in [0.25, 0.3) is 5.91 Å². The number of aryl methyl sites for hydroxylation is 1. The lowest BCUT2D eigenvalue weighted by Crippen LogP contribution is -2.47. The minimum Gasteiger partial charge on any atom is -0.431 e. The highest BCUT2D eigenvalue weighted by atomic mass is 32.2. The first-order valence-corrected chi connectivity index (χ1v) is 14.7. The van der Waals surface area contributed by atoms with Gasteiger partial charge in [0.05, 0.1) is 16.5 Å². The number of amides is 1. The van der Waals surface area contributed by atoms with E-state index >= 15 is 0 Å². The van der Waals surface area contributed by atoms with Crippen molar-refractivity contribution in [2.24, 2.45) is 5.41 Å². The summed E-state index contributed by atoms with van der Waals surface area (Å²) in [5.41, 5.74) is -0.0981. The summed E-state index contributed by atoms with van der Waals surface area (Å²) in [6.07, 6.45) is 4.94. The average molecular weight is 557 g/mol. The predicted molar refractivity (Wildman–Crippen MR) is 140 cm³/mol. The van der Waals surface area contributed by atoms with Gasteiger partial charge in [-0.15, -0.1) is 0 Å². The number of aliphatic hydroxyl groups is 1. The molecular weight excluding hydrogens is 518 g/mol. The molecule has 3 rings (SSSR count). The van der Waals surface area contributed by atoms with Crippen LogP contribution in [0.2, 0.25) is 0 Å². The molecule has 0 radical (unpaired) electrons. The van der Waals surface area contributed by atoms with Gasteiger partial charge in [0, 0.05) is 25.4 Å². The first-order chi connectivity index (χ1) is 17.5. The Kier molecular flexibility index (Phi) is 8.87. The molecule has 12 heteroatoms. The molecule has 9 nitrogen and oxygen atoms in total. The normalized spacial score (nSPS) is 20.5. The van der Waals surface area contributed by atoms with Crippen LogP contribution in [-0.4, -0.2) is 64.2 Å². The SMILES string of the molecule is CCc1nc(C(=O)NCC2(O)CCC(S(C)(=O)=O)CC2)c(C)n1-c1ncc(CC(C)(C)C)cc1OC(F)F. The van der Waals surface area contributed by atoms with Crippen LogP contribution in [0.5, 0.6) is 5.75 Å². The minimum atomic E-state index is -3.18. The zero-order chi connectivity index (χ0) is 28.5. The number of carbonyl (C=O) groups is 1. The van der Waals surface area contributed by atoms with E-state index < -0.39 is 33.2 Å². The molecule has 0 aromatic carbocycles. The number of nitrogens with one attached hydrogen (secondary N) is 1. The molecule has 2 aromatic heterocycles. The van der Waals surface area contributed by atoms with Crippen molar-refractivity contribution in [3.05, 3.63) is 35.0 Å². The predicted octanol–water partition coefficient (Wildman–Crippen LogP) is 3.78. The van der Waals surface area contributed by atoms with E-state index in [0.29, 0.717) is 37.2 Å². The van der Waals surface area contributed by atoms with Crippen LogP contribution < -0.4 is 10.1 Å². The van der Waals surface area contributed by atoms with E-state index in [2.05, 4.69) is 15.3 Å². The highest BCUT2D eigenvalue weighted by molar-refractivity contribution is 7.91. The van der Waals surface area contributed by atoms with Crippen LogP contribution in [0.4, 0.5) is 8.78 Å². The molecule has 1 fully saturated rings. The van der Waals surface area contributed by atoms with Crippen molar-refractivity contribution < 1.29 is 31.8 Å². The molecule has 0 atom stereocenters. The summed E-state index contributed by atoms with van der Waals surface area (Å²) in [4.78, 5) is 22.0. The van der Waals surface area contributed by atoms with E-state index in [0.717, 1.165) is 5.56 Å². The average Bonchev–Trinajstić information content (AvgIpc) is 3.12. The van der Waals surface area contributed by atoms with Crippen molar-refractivity contribution in [1.29, 1.82) is 0 Å². The largest absolute Gasteiger partial charge is 0.431 e. The Balaban J connectivity index is 1.86. The summed E-state index contributed by atoms with van der Waals surface area (Å²) in [6.45, 7) is 6.44. The zero-order valence-electron chi connectivity index (χ0n) is 22.8. The highest BCUT2D eigenvalue weighted by Crippen LogP contribution is 2.32. The second-order valence-corrected chi connectivity index (χ2v) is 13.7. The fourth-order valence-corrected chi connectivity index (χ4v) is 5.98. The van der Waals surface area contributed by atoms with E-state index in [4.69, 9.17) is 4.74 Å². The molecule has 0 aliphatic heterocycles. The van der Waals surface area contributed by atoms with E-state index in [-0.39, 0.29) is 42.1 Å². The molecule has 2 N–H and O–H groups in total. The third kappa shape index (κ3) is 7.28. The Morgan fingerprint density at radius 1 is 1.32 bits per heavy atom. The van der Waals surface area contributed by atoms with Crippen molar-refractivity contribution in [1.82, 2.24) is 19.9 Å². The summed E-state index contributed by atoms with van der Waals surface area (Å²) in [7, 11) is -3.18. The fourth-order valence-electron chi connectivity index (χ4n) is 4.89. The number of alkyl halides is 2. The molecule has 1 saturated carbocycles. The first kappa shape index (κ1) is 29.9. The lowest BCUT2D eigenvalue weighted by Gasteiger charge is -2.35. The van der Waals surface area contributed by atoms with Gasteiger partial charge in [-0.1, -0.05) is 27.7 Å². The second kappa shape index (κ2) is 11.3. The second-order valence-electron chi connectivity index (χ2n) is 11.4. The summed E-state index contributed by atoms with van der Waals surface area (Å²) in [6, 6.07) is 1.54. The number of halogens is 2. The van der Waals surface area contributed by atoms with Gasteiger partial charge in [0.2, 0.25) is 0 Å². The number of carbonyl (C=O) groups excluding carboxylic acids is 1. The molecular formula is C26H38F2N4O5S. The topological polar surface area (TPSA) is 123 Å². The van der Waals surface area contributed by atoms with Crippen LogP contribution in [0.15, 0.2) is 12.3 Å². The van der Waals surface area contributed by atoms with E-state index in [1.54, 1.807) is 23.8 Å². The van der Waals surface area contributed by atoms with E-state index in [1.165, 1.54) is 6.26 Å². The molecule has 1 amide bonds. The number of ether oxygens (including phenoxy) is 1. The van der Waals surface area contributed by atoms with Gasteiger partial charge in [-0.25, -0.2) is 18.4 Å². The van der Waals surface area contributed by atoms with Crippen LogP contribution in [0.25, 0.3) is 5.82 Å². The van der Waals surface area contributed by atoms with Crippen LogP contribution >= 0.6 is 0 Å². The maximum Gasteiger partial charge on any atom is 0.387 e. The standard InChI is InChI=1S/C26H38F2N4O5S/c1-7-20-31-21(23(33)30-15-26(34)10-8-18(9-11-26)38(6,35)36)16(2)32(20)22-19(37-24(27)28)12-17(14-29-22)13-25(3,4)5/h12,14,18,24,34H,7-11,13,15H2,1-6H3,(H,30,33). The first-order valence-electron chi connectivity index (χ1n) is 12.7. The highest BCUT2D eigenvalue weighted by Gasteiger charge is 2.37. The van der Waals surface area contributed by atoms with Crippen molar-refractivity contribution in [3.8, 4) is 11.6 Å². The monoisotopic (exact) mass is 556 g/mol. The van der Waals surface area contributed by atoms with Gasteiger partial charge < -0.3 is 15.2 Å². The van der Waals surface area contributed by atoms with Crippen molar-refractivity contribution in [2.45, 2.75) is 90.6 Å². The maximum absolute atomic E-state index is 13.3. The van der Waals surface area contributed by atoms with Crippen molar-refractivity contribution in [3.63, 3.8) is 0 Å². The van der Waals surface area contributed by atoms with Crippen molar-refractivity contribution >= 4 is 15.7 Å². The number of aromatic nitrogens is 3. The molecule has 38 heavy (non-hydrogen) atoms. The maximum atomic E-state index is 13.3. The van der Waals surface area contributed by atoms with Gasteiger partial charge in [-0.05, 0) is 56.1 Å². The molecule has 212 valence electrons. The van der Waals surface area contributed by atoms with Gasteiger partial charge in [-0.2, -0.15) is 8.78 Å². The van der Waals surface area contributed by atoms with Gasteiger partial charge in [0.15, 0.2) is 11.6 Å². The van der Waals surface area contributed by atoms with Crippen LogP contribution in [0.1, 0.15) is 80.9 Å². The molecule has 2 heterocycles. The molecule has 1 aliphatic carbocycles. The molecule has 0 saturated heterocycles. The molecule has 0 unspecified atom stereocenters. The van der Waals surface area contributed by atoms with E-state index in [9.17, 15) is 27.1 Å². The smallest absolute Gasteiger partial charge is 0.387 e. The Morgan fingerprint density at radius 3 is 2.47 bits per heavy atom. The summed E-state index contributed by atoms with van der Waals surface area (Å²) in [5, 5.41) is 13.1. The number of rotatable bonds is 9. The van der Waals surface area contributed by atoms with E-state index in [1.807, 2.05) is 27.7 Å². The summed E-state index contributed by atoms with van der Waals surface area (Å²) >= 11 is 0. The fraction of sp³-hybridized carbons (Fsp3) is 0.654. The minimum absolute atomic E-state index is 0.0600. The van der Waals surface area contributed by atoms with Crippen molar-refractivity contribution in [2.75, 3.05) is 12.8 Å². The number of sulfone groups is 1. The van der Waals surface area contributed by atoms with Gasteiger partial charge in [0.1, 0.15) is 21.4 Å². The van der Waals surface area contributed by atoms with Crippen LogP contribution in [0.3, 0.4) is 0 Å². The summed E-state index contributed by atoms with van der Waals surface area (Å²) in [5.74, 6) is -0.0899. The number of hydrogen-bond donors (Lipinski definition) is 2. The number of hydrogen-bond acceptors (Lipinski definition) is 7. The Hall–Kier alpha value is -2.60.